The van der Waals surface area contributed by atoms with Gasteiger partial charge in [0.2, 0.25) is 0 Å². The number of methoxy groups -OCH3 is 1. The molecule has 0 unspecified atom stereocenters. The molecule has 0 amide bonds. The van der Waals surface area contributed by atoms with Crippen molar-refractivity contribution in [3.63, 3.8) is 0 Å². The van der Waals surface area contributed by atoms with Crippen LogP contribution < -0.4 is 0 Å². The molecular weight excluding hydrogens is 296 g/mol. The Bertz CT molecular complexity index is 544. The van der Waals surface area contributed by atoms with Crippen LogP contribution in [-0.4, -0.2) is 43.6 Å². The number of fused-ring (bicyclic) bond motifs is 1. The number of hydrogen-bond acceptors (Lipinski definition) is 5. The van der Waals surface area contributed by atoms with E-state index in [9.17, 15) is 0 Å². The molecule has 4 atom stereocenters. The highest BCUT2D eigenvalue weighted by Crippen LogP contribution is 2.44. The van der Waals surface area contributed by atoms with Crippen molar-refractivity contribution < 1.29 is 23.7 Å². The lowest BCUT2D eigenvalue weighted by Crippen LogP contribution is -2.48. The Morgan fingerprint density at radius 3 is 2.57 bits per heavy atom. The summed E-state index contributed by atoms with van der Waals surface area (Å²) in [7, 11) is 1.64. The normalized spacial score (nSPS) is 35.2. The number of benzene rings is 1. The molecule has 2 saturated heterocycles. The van der Waals surface area contributed by atoms with Crippen molar-refractivity contribution in [2.24, 2.45) is 0 Å². The van der Waals surface area contributed by atoms with Crippen molar-refractivity contribution in [2.75, 3.05) is 13.7 Å². The zero-order chi connectivity index (χ0) is 16.5. The first-order valence-electron chi connectivity index (χ1n) is 7.81. The fourth-order valence-electron chi connectivity index (χ4n) is 3.19. The van der Waals surface area contributed by atoms with Gasteiger partial charge in [0, 0.05) is 7.11 Å². The molecule has 0 radical (unpaired) electrons. The van der Waals surface area contributed by atoms with E-state index < -0.39 is 17.7 Å². The van der Waals surface area contributed by atoms with Gasteiger partial charge in [0.25, 0.3) is 0 Å². The first kappa shape index (κ1) is 16.6. The summed E-state index contributed by atoms with van der Waals surface area (Å²) >= 11 is 0. The lowest BCUT2D eigenvalue weighted by molar-refractivity contribution is -0.239. The van der Waals surface area contributed by atoms with E-state index in [4.69, 9.17) is 23.7 Å². The van der Waals surface area contributed by atoms with Gasteiger partial charge in [0.1, 0.15) is 17.8 Å². The zero-order valence-electron chi connectivity index (χ0n) is 13.9. The van der Waals surface area contributed by atoms with Crippen LogP contribution in [0.15, 0.2) is 43.0 Å². The molecule has 126 valence electrons. The Labute approximate surface area is 137 Å². The first-order chi connectivity index (χ1) is 11.0. The Morgan fingerprint density at radius 2 is 1.91 bits per heavy atom. The summed E-state index contributed by atoms with van der Waals surface area (Å²) in [6.45, 7) is 8.46. The summed E-state index contributed by atoms with van der Waals surface area (Å²) in [5, 5.41) is 0. The van der Waals surface area contributed by atoms with Crippen LogP contribution in [0.5, 0.6) is 0 Å². The molecule has 2 heterocycles. The lowest BCUT2D eigenvalue weighted by atomic mass is 9.96. The Balaban J connectivity index is 1.67. The van der Waals surface area contributed by atoms with E-state index in [0.717, 1.165) is 5.56 Å². The lowest BCUT2D eigenvalue weighted by Gasteiger charge is -2.33. The maximum absolute atomic E-state index is 6.08. The van der Waals surface area contributed by atoms with E-state index >= 15 is 0 Å². The van der Waals surface area contributed by atoms with Crippen molar-refractivity contribution in [3.8, 4) is 0 Å². The van der Waals surface area contributed by atoms with Crippen LogP contribution in [0, 0.1) is 0 Å². The second-order valence-corrected chi connectivity index (χ2v) is 6.38. The average Bonchev–Trinajstić information content (AvgIpc) is 2.96. The van der Waals surface area contributed by atoms with E-state index in [1.165, 1.54) is 0 Å². The molecule has 5 nitrogen and oxygen atoms in total. The predicted octanol–water partition coefficient (Wildman–Crippen LogP) is 2.65. The second kappa shape index (κ2) is 6.34. The van der Waals surface area contributed by atoms with Gasteiger partial charge in [-0.3, -0.25) is 0 Å². The van der Waals surface area contributed by atoms with Gasteiger partial charge < -0.3 is 23.7 Å². The SMILES string of the molecule is C=C[C@]1(COCc2ccccc2)O[C@@H]2OC(C)(C)O[C@@H]2[C@@H]1OC. The topological polar surface area (TPSA) is 46.2 Å². The number of rotatable bonds is 6. The maximum atomic E-state index is 6.08. The van der Waals surface area contributed by atoms with Crippen LogP contribution in [0.3, 0.4) is 0 Å². The monoisotopic (exact) mass is 320 g/mol. The van der Waals surface area contributed by atoms with E-state index in [2.05, 4.69) is 6.58 Å². The molecule has 23 heavy (non-hydrogen) atoms. The minimum absolute atomic E-state index is 0.298. The van der Waals surface area contributed by atoms with Gasteiger partial charge in [-0.2, -0.15) is 0 Å². The van der Waals surface area contributed by atoms with E-state index in [-0.39, 0.29) is 12.2 Å². The molecule has 2 fully saturated rings. The van der Waals surface area contributed by atoms with Gasteiger partial charge >= 0.3 is 0 Å². The van der Waals surface area contributed by atoms with Gasteiger partial charge in [-0.1, -0.05) is 36.4 Å². The Morgan fingerprint density at radius 1 is 1.17 bits per heavy atom. The van der Waals surface area contributed by atoms with E-state index in [1.807, 2.05) is 44.2 Å². The predicted molar refractivity (Wildman–Crippen MR) is 84.7 cm³/mol. The summed E-state index contributed by atoms with van der Waals surface area (Å²) in [5.41, 5.74) is 0.322. The molecule has 1 aromatic carbocycles. The largest absolute Gasteiger partial charge is 0.375 e. The highest BCUT2D eigenvalue weighted by Gasteiger charge is 2.61. The highest BCUT2D eigenvalue weighted by atomic mass is 16.8. The molecular formula is C18H24O5. The number of hydrogen-bond donors (Lipinski definition) is 0. The van der Waals surface area contributed by atoms with Crippen molar-refractivity contribution in [1.82, 2.24) is 0 Å². The molecule has 2 aliphatic rings. The van der Waals surface area contributed by atoms with Crippen molar-refractivity contribution in [1.29, 1.82) is 0 Å². The average molecular weight is 320 g/mol. The number of ether oxygens (including phenoxy) is 5. The highest BCUT2D eigenvalue weighted by molar-refractivity contribution is 5.15. The van der Waals surface area contributed by atoms with Crippen LogP contribution >= 0.6 is 0 Å². The van der Waals surface area contributed by atoms with Crippen LogP contribution in [0.1, 0.15) is 19.4 Å². The molecule has 0 aliphatic carbocycles. The van der Waals surface area contributed by atoms with Crippen molar-refractivity contribution in [3.05, 3.63) is 48.6 Å². The summed E-state index contributed by atoms with van der Waals surface area (Å²) in [4.78, 5) is 0. The van der Waals surface area contributed by atoms with Gasteiger partial charge in [-0.15, -0.1) is 6.58 Å². The van der Waals surface area contributed by atoms with Crippen LogP contribution in [0.2, 0.25) is 0 Å². The zero-order valence-corrected chi connectivity index (χ0v) is 13.9. The second-order valence-electron chi connectivity index (χ2n) is 6.38. The summed E-state index contributed by atoms with van der Waals surface area (Å²) in [6, 6.07) is 9.99. The molecule has 0 aromatic heterocycles. The summed E-state index contributed by atoms with van der Waals surface area (Å²) < 4.78 is 29.3. The van der Waals surface area contributed by atoms with E-state index in [0.29, 0.717) is 13.2 Å². The quantitative estimate of drug-likeness (QED) is 0.754. The molecule has 3 rings (SSSR count). The molecule has 1 aromatic rings. The summed E-state index contributed by atoms with van der Waals surface area (Å²) in [6.07, 6.45) is 0.619. The first-order valence-corrected chi connectivity index (χ1v) is 7.81. The van der Waals surface area contributed by atoms with Crippen LogP contribution in [0.25, 0.3) is 0 Å². The van der Waals surface area contributed by atoms with Gasteiger partial charge in [0.05, 0.1) is 13.2 Å². The minimum atomic E-state index is -0.782. The molecule has 5 heteroatoms. The van der Waals surface area contributed by atoms with Gasteiger partial charge in [-0.25, -0.2) is 0 Å². The molecule has 0 spiro atoms. The maximum Gasteiger partial charge on any atom is 0.191 e. The standard InChI is InChI=1S/C18H24O5/c1-5-18(12-20-11-13-9-7-6-8-10-13)15(19-4)14-16(23-18)22-17(2,3)21-14/h5-10,14-16H,1,11-12H2,2-4H3/t14-,15+,16+,18-/m1/s1. The third kappa shape index (κ3) is 3.20. The molecule has 0 saturated carbocycles. The molecule has 0 bridgehead atoms. The summed E-state index contributed by atoms with van der Waals surface area (Å²) in [5.74, 6) is -0.676. The molecule has 0 N–H and O–H groups in total. The van der Waals surface area contributed by atoms with Crippen LogP contribution in [0.4, 0.5) is 0 Å². The van der Waals surface area contributed by atoms with Gasteiger partial charge in [0.15, 0.2) is 12.1 Å². The Kier molecular flexibility index (Phi) is 4.58. The third-order valence-electron chi connectivity index (χ3n) is 4.24. The fourth-order valence-corrected chi connectivity index (χ4v) is 3.19. The smallest absolute Gasteiger partial charge is 0.191 e. The van der Waals surface area contributed by atoms with Crippen molar-refractivity contribution in [2.45, 2.75) is 50.3 Å². The third-order valence-corrected chi connectivity index (χ3v) is 4.24. The minimum Gasteiger partial charge on any atom is -0.375 e. The fraction of sp³-hybridized carbons (Fsp3) is 0.556. The molecule has 2 aliphatic heterocycles. The van der Waals surface area contributed by atoms with Crippen molar-refractivity contribution >= 4 is 0 Å². The Hall–Kier alpha value is -1.24. The van der Waals surface area contributed by atoms with E-state index in [1.54, 1.807) is 13.2 Å². The van der Waals surface area contributed by atoms with Gasteiger partial charge in [-0.05, 0) is 19.4 Å². The van der Waals surface area contributed by atoms with Crippen LogP contribution in [-0.2, 0) is 30.3 Å².